The van der Waals surface area contributed by atoms with Gasteiger partial charge in [0.15, 0.2) is 0 Å². The summed E-state index contributed by atoms with van der Waals surface area (Å²) < 4.78 is 2.18. The molecule has 0 bridgehead atoms. The standard InChI is InChI=1S/C60H43N5/c1-4-14-44(15-5-1)46-24-32-52(33-25-46)64(53-34-26-47(27-35-53)45-16-6-2-7-17-45)54-36-28-48(29-37-54)49-30-38-55(39-31-49)65(57-22-13-40-61-43-57)56-21-12-20-51(42-56)60-59(50-18-8-3-9-19-50)62-58-23-10-11-41-63(58)60/h1-43H. The smallest absolute Gasteiger partial charge is 0.137 e. The van der Waals surface area contributed by atoms with E-state index in [-0.39, 0.29) is 0 Å². The lowest BCUT2D eigenvalue weighted by Crippen LogP contribution is -2.10. The number of pyridine rings is 2. The number of rotatable bonds is 11. The van der Waals surface area contributed by atoms with Gasteiger partial charge in [0, 0.05) is 52.0 Å². The highest BCUT2D eigenvalue weighted by molar-refractivity contribution is 5.87. The molecule has 11 aromatic rings. The van der Waals surface area contributed by atoms with Crippen molar-refractivity contribution in [3.8, 4) is 55.9 Å². The summed E-state index contributed by atoms with van der Waals surface area (Å²) in [6.07, 6.45) is 5.82. The first-order chi connectivity index (χ1) is 32.2. The Morgan fingerprint density at radius 2 is 0.723 bits per heavy atom. The van der Waals surface area contributed by atoms with Gasteiger partial charge in [0.25, 0.3) is 0 Å². The largest absolute Gasteiger partial charge is 0.311 e. The second-order valence-electron chi connectivity index (χ2n) is 16.0. The number of hydrogen-bond acceptors (Lipinski definition) is 4. The molecule has 0 radical (unpaired) electrons. The summed E-state index contributed by atoms with van der Waals surface area (Å²) in [5, 5.41) is 0. The van der Waals surface area contributed by atoms with E-state index in [1.54, 1.807) is 0 Å². The van der Waals surface area contributed by atoms with Crippen molar-refractivity contribution in [2.45, 2.75) is 0 Å². The summed E-state index contributed by atoms with van der Waals surface area (Å²) in [7, 11) is 0. The minimum atomic E-state index is 0.905. The van der Waals surface area contributed by atoms with E-state index in [9.17, 15) is 0 Å². The van der Waals surface area contributed by atoms with Crippen LogP contribution in [0, 0.1) is 0 Å². The predicted molar refractivity (Wildman–Crippen MR) is 270 cm³/mol. The molecule has 0 N–H and O–H groups in total. The molecule has 0 saturated carbocycles. The zero-order chi connectivity index (χ0) is 43.4. The molecule has 0 aliphatic heterocycles. The number of imidazole rings is 1. The third kappa shape index (κ3) is 7.95. The average molecular weight is 834 g/mol. The molecule has 0 fully saturated rings. The zero-order valence-electron chi connectivity index (χ0n) is 35.6. The van der Waals surface area contributed by atoms with Crippen LogP contribution in [0.5, 0.6) is 0 Å². The Morgan fingerprint density at radius 3 is 1.20 bits per heavy atom. The van der Waals surface area contributed by atoms with Gasteiger partial charge in [-0.3, -0.25) is 9.38 Å². The summed E-state index contributed by atoms with van der Waals surface area (Å²) in [5.74, 6) is 0. The maximum atomic E-state index is 5.10. The molecule has 308 valence electrons. The molecular weight excluding hydrogens is 791 g/mol. The molecule has 0 aliphatic rings. The molecule has 3 heterocycles. The van der Waals surface area contributed by atoms with Gasteiger partial charge in [-0.2, -0.15) is 0 Å². The van der Waals surface area contributed by atoms with Crippen LogP contribution in [0.2, 0.25) is 0 Å². The van der Waals surface area contributed by atoms with Crippen molar-refractivity contribution in [3.05, 3.63) is 261 Å². The number of aromatic nitrogens is 3. The fourth-order valence-corrected chi connectivity index (χ4v) is 8.71. The van der Waals surface area contributed by atoms with Gasteiger partial charge in [0.1, 0.15) is 5.65 Å². The summed E-state index contributed by atoms with van der Waals surface area (Å²) in [6, 6.07) is 85.8. The number of nitrogens with zero attached hydrogens (tertiary/aromatic N) is 5. The van der Waals surface area contributed by atoms with E-state index < -0.39 is 0 Å². The van der Waals surface area contributed by atoms with Crippen LogP contribution in [-0.4, -0.2) is 14.4 Å². The number of fused-ring (bicyclic) bond motifs is 1. The maximum absolute atomic E-state index is 5.10. The number of hydrogen-bond donors (Lipinski definition) is 0. The molecule has 65 heavy (non-hydrogen) atoms. The lowest BCUT2D eigenvalue weighted by molar-refractivity contribution is 1.19. The molecular formula is C60H43N5. The predicted octanol–water partition coefficient (Wildman–Crippen LogP) is 16.0. The van der Waals surface area contributed by atoms with Crippen molar-refractivity contribution in [3.63, 3.8) is 0 Å². The number of anilines is 6. The zero-order valence-corrected chi connectivity index (χ0v) is 35.6. The van der Waals surface area contributed by atoms with Gasteiger partial charge in [-0.25, -0.2) is 4.98 Å². The molecule has 5 nitrogen and oxygen atoms in total. The van der Waals surface area contributed by atoms with E-state index in [1.807, 2.05) is 30.6 Å². The Labute approximate surface area is 379 Å². The molecule has 0 aliphatic carbocycles. The molecule has 0 saturated heterocycles. The monoisotopic (exact) mass is 833 g/mol. The molecule has 0 spiro atoms. The van der Waals surface area contributed by atoms with Crippen LogP contribution in [0.4, 0.5) is 34.1 Å². The average Bonchev–Trinajstić information content (AvgIpc) is 3.79. The molecule has 5 heteroatoms. The Kier molecular flexibility index (Phi) is 10.5. The van der Waals surface area contributed by atoms with Gasteiger partial charge in [-0.1, -0.05) is 158 Å². The molecule has 3 aromatic heterocycles. The number of benzene rings is 8. The van der Waals surface area contributed by atoms with Crippen LogP contribution in [0.3, 0.4) is 0 Å². The topological polar surface area (TPSA) is 36.7 Å². The van der Waals surface area contributed by atoms with Crippen LogP contribution in [0.15, 0.2) is 261 Å². The highest BCUT2D eigenvalue weighted by atomic mass is 15.2. The molecule has 0 unspecified atom stereocenters. The van der Waals surface area contributed by atoms with E-state index in [2.05, 4.69) is 250 Å². The van der Waals surface area contributed by atoms with Crippen LogP contribution in [-0.2, 0) is 0 Å². The Morgan fingerprint density at radius 1 is 0.308 bits per heavy atom. The minimum absolute atomic E-state index is 0.905. The fourth-order valence-electron chi connectivity index (χ4n) is 8.71. The Balaban J connectivity index is 0.922. The maximum Gasteiger partial charge on any atom is 0.137 e. The van der Waals surface area contributed by atoms with Gasteiger partial charge in [0.05, 0.1) is 23.3 Å². The quantitative estimate of drug-likeness (QED) is 0.130. The fraction of sp³-hybridized carbons (Fsp3) is 0. The van der Waals surface area contributed by atoms with Gasteiger partial charge in [-0.05, 0) is 118 Å². The van der Waals surface area contributed by atoms with Crippen molar-refractivity contribution in [2.75, 3.05) is 9.80 Å². The summed E-state index contributed by atoms with van der Waals surface area (Å²) in [4.78, 5) is 14.2. The van der Waals surface area contributed by atoms with Gasteiger partial charge in [-0.15, -0.1) is 0 Å². The lowest BCUT2D eigenvalue weighted by Gasteiger charge is -2.26. The second kappa shape index (κ2) is 17.5. The summed E-state index contributed by atoms with van der Waals surface area (Å²) in [6.45, 7) is 0. The summed E-state index contributed by atoms with van der Waals surface area (Å²) >= 11 is 0. The van der Waals surface area contributed by atoms with E-state index in [0.717, 1.165) is 73.4 Å². The third-order valence-electron chi connectivity index (χ3n) is 11.9. The second-order valence-corrected chi connectivity index (χ2v) is 16.0. The molecule has 8 aromatic carbocycles. The SMILES string of the molecule is c1ccc(-c2ccc(N(c3ccc(-c4ccccc4)cc3)c3ccc(-c4ccc(N(c5cccnc5)c5cccc(-c6c(-c7ccccc7)nc7ccccn67)c5)cc4)cc3)cc2)cc1. The van der Waals surface area contributed by atoms with E-state index >= 15 is 0 Å². The molecule has 0 amide bonds. The molecule has 0 atom stereocenters. The van der Waals surface area contributed by atoms with Crippen molar-refractivity contribution in [2.24, 2.45) is 0 Å². The highest BCUT2D eigenvalue weighted by Gasteiger charge is 2.20. The van der Waals surface area contributed by atoms with Gasteiger partial charge in [0.2, 0.25) is 0 Å². The first-order valence-corrected chi connectivity index (χ1v) is 21.9. The molecule has 11 rings (SSSR count). The Hall–Kier alpha value is -8.80. The van der Waals surface area contributed by atoms with Crippen molar-refractivity contribution < 1.29 is 0 Å². The minimum Gasteiger partial charge on any atom is -0.311 e. The van der Waals surface area contributed by atoms with Gasteiger partial charge < -0.3 is 9.80 Å². The first-order valence-electron chi connectivity index (χ1n) is 21.9. The van der Waals surface area contributed by atoms with E-state index in [4.69, 9.17) is 4.98 Å². The lowest BCUT2D eigenvalue weighted by atomic mass is 10.0. The third-order valence-corrected chi connectivity index (χ3v) is 11.9. The van der Waals surface area contributed by atoms with Crippen molar-refractivity contribution in [1.29, 1.82) is 0 Å². The van der Waals surface area contributed by atoms with Crippen molar-refractivity contribution in [1.82, 2.24) is 14.4 Å². The van der Waals surface area contributed by atoms with Crippen LogP contribution >= 0.6 is 0 Å². The Bertz CT molecular complexity index is 3230. The van der Waals surface area contributed by atoms with Gasteiger partial charge >= 0.3 is 0 Å². The van der Waals surface area contributed by atoms with Crippen molar-refractivity contribution >= 4 is 39.8 Å². The highest BCUT2D eigenvalue weighted by Crippen LogP contribution is 2.41. The van der Waals surface area contributed by atoms with Crippen LogP contribution < -0.4 is 9.80 Å². The van der Waals surface area contributed by atoms with Crippen LogP contribution in [0.1, 0.15) is 0 Å². The normalized spacial score (nSPS) is 11.1. The summed E-state index contributed by atoms with van der Waals surface area (Å²) in [5.41, 5.74) is 18.4. The van der Waals surface area contributed by atoms with E-state index in [0.29, 0.717) is 0 Å². The van der Waals surface area contributed by atoms with E-state index in [1.165, 1.54) is 22.3 Å². The first kappa shape index (κ1) is 39.1. The van der Waals surface area contributed by atoms with Crippen LogP contribution in [0.25, 0.3) is 61.5 Å².